The highest BCUT2D eigenvalue weighted by molar-refractivity contribution is 5.84. The first kappa shape index (κ1) is 19.8. The molecule has 2 aromatic rings. The molecular formula is C24H30N2O3. The number of benzene rings is 2. The van der Waals surface area contributed by atoms with Crippen molar-refractivity contribution in [2.24, 2.45) is 0 Å². The summed E-state index contributed by atoms with van der Waals surface area (Å²) in [6, 6.07) is 16.1. The van der Waals surface area contributed by atoms with Gasteiger partial charge in [0.15, 0.2) is 11.5 Å². The summed E-state index contributed by atoms with van der Waals surface area (Å²) in [5.41, 5.74) is 2.21. The lowest BCUT2D eigenvalue weighted by Crippen LogP contribution is -2.42. The zero-order valence-corrected chi connectivity index (χ0v) is 17.3. The zero-order chi connectivity index (χ0) is 20.2. The number of likely N-dealkylation sites (tertiary alicyclic amines) is 2. The third-order valence-corrected chi connectivity index (χ3v) is 6.18. The Labute approximate surface area is 173 Å². The van der Waals surface area contributed by atoms with E-state index in [1.807, 2.05) is 30.3 Å². The number of amides is 1. The van der Waals surface area contributed by atoms with Crippen LogP contribution < -0.4 is 9.47 Å². The molecule has 0 aliphatic carbocycles. The minimum Gasteiger partial charge on any atom is -0.493 e. The Morgan fingerprint density at radius 3 is 2.34 bits per heavy atom. The maximum absolute atomic E-state index is 13.8. The van der Waals surface area contributed by atoms with Gasteiger partial charge < -0.3 is 14.4 Å². The number of hydrogen-bond donors (Lipinski definition) is 0. The molecule has 0 spiro atoms. The molecular weight excluding hydrogens is 364 g/mol. The first-order valence-electron chi connectivity index (χ1n) is 10.5. The lowest BCUT2D eigenvalue weighted by atomic mass is 10.0. The molecule has 29 heavy (non-hydrogen) atoms. The van der Waals surface area contributed by atoms with Crippen LogP contribution in [0.4, 0.5) is 0 Å². The van der Waals surface area contributed by atoms with Crippen LogP contribution in [-0.4, -0.2) is 49.6 Å². The van der Waals surface area contributed by atoms with E-state index in [1.165, 1.54) is 0 Å². The van der Waals surface area contributed by atoms with E-state index in [0.717, 1.165) is 56.4 Å². The largest absolute Gasteiger partial charge is 0.493 e. The number of carbonyl (C=O) groups excluding carboxylic acids is 1. The van der Waals surface area contributed by atoms with Crippen molar-refractivity contribution in [3.63, 3.8) is 0 Å². The molecule has 0 radical (unpaired) electrons. The van der Waals surface area contributed by atoms with Crippen molar-refractivity contribution >= 4 is 5.91 Å². The molecule has 2 aliphatic rings. The third-order valence-electron chi connectivity index (χ3n) is 6.18. The summed E-state index contributed by atoms with van der Waals surface area (Å²) in [5.74, 6) is 1.64. The van der Waals surface area contributed by atoms with Crippen molar-refractivity contribution in [3.05, 3.63) is 59.7 Å². The van der Waals surface area contributed by atoms with E-state index in [4.69, 9.17) is 9.47 Å². The van der Waals surface area contributed by atoms with Gasteiger partial charge in [-0.25, -0.2) is 0 Å². The van der Waals surface area contributed by atoms with Gasteiger partial charge in [0.1, 0.15) is 6.04 Å². The van der Waals surface area contributed by atoms with Crippen molar-refractivity contribution in [2.75, 3.05) is 33.9 Å². The van der Waals surface area contributed by atoms with Gasteiger partial charge >= 0.3 is 0 Å². The van der Waals surface area contributed by atoms with Gasteiger partial charge in [0.2, 0.25) is 5.91 Å². The fourth-order valence-corrected chi connectivity index (χ4v) is 4.74. The SMILES string of the molecule is COc1ccc(C2CCCN2C(=O)C(c2ccccc2)N2CCCC2)cc1OC. The average Bonchev–Trinajstić information content (AvgIpc) is 3.46. The van der Waals surface area contributed by atoms with Gasteiger partial charge in [0, 0.05) is 6.54 Å². The molecule has 5 heteroatoms. The average molecular weight is 395 g/mol. The molecule has 2 saturated heterocycles. The van der Waals surface area contributed by atoms with Crippen LogP contribution in [0.3, 0.4) is 0 Å². The third kappa shape index (κ3) is 3.97. The number of rotatable bonds is 6. The second-order valence-corrected chi connectivity index (χ2v) is 7.86. The standard InChI is InChI=1S/C24H30N2O3/c1-28-21-13-12-19(17-22(21)29-2)20-11-8-16-26(20)24(27)23(25-14-6-7-15-25)18-9-4-3-5-10-18/h3-5,9-10,12-13,17,20,23H,6-8,11,14-16H2,1-2H3. The van der Waals surface area contributed by atoms with Gasteiger partial charge in [-0.1, -0.05) is 36.4 Å². The minimum absolute atomic E-state index is 0.0797. The molecule has 2 unspecified atom stereocenters. The molecule has 154 valence electrons. The summed E-state index contributed by atoms with van der Waals surface area (Å²) < 4.78 is 10.9. The maximum Gasteiger partial charge on any atom is 0.245 e. The molecule has 0 N–H and O–H groups in total. The Hall–Kier alpha value is -2.53. The van der Waals surface area contributed by atoms with Crippen LogP contribution in [0.15, 0.2) is 48.5 Å². The predicted molar refractivity (Wildman–Crippen MR) is 113 cm³/mol. The lowest BCUT2D eigenvalue weighted by molar-refractivity contribution is -0.138. The lowest BCUT2D eigenvalue weighted by Gasteiger charge is -2.34. The van der Waals surface area contributed by atoms with Crippen LogP contribution >= 0.6 is 0 Å². The Morgan fingerprint density at radius 1 is 0.931 bits per heavy atom. The minimum atomic E-state index is -0.195. The number of methoxy groups -OCH3 is 2. The van der Waals surface area contributed by atoms with Crippen LogP contribution in [-0.2, 0) is 4.79 Å². The summed E-state index contributed by atoms with van der Waals surface area (Å²) >= 11 is 0. The normalized spacial score (nSPS) is 20.6. The van der Waals surface area contributed by atoms with E-state index in [2.05, 4.69) is 28.0 Å². The van der Waals surface area contributed by atoms with Gasteiger partial charge in [-0.15, -0.1) is 0 Å². The van der Waals surface area contributed by atoms with Crippen molar-refractivity contribution in [3.8, 4) is 11.5 Å². The monoisotopic (exact) mass is 394 g/mol. The summed E-state index contributed by atoms with van der Waals surface area (Å²) in [7, 11) is 3.29. The first-order valence-corrected chi connectivity index (χ1v) is 10.5. The Kier molecular flexibility index (Phi) is 6.05. The van der Waals surface area contributed by atoms with Crippen LogP contribution in [0.25, 0.3) is 0 Å². The highest BCUT2D eigenvalue weighted by atomic mass is 16.5. The first-order chi connectivity index (χ1) is 14.2. The molecule has 2 atom stereocenters. The number of hydrogen-bond acceptors (Lipinski definition) is 4. The molecule has 2 aromatic carbocycles. The summed E-state index contributed by atoms with van der Waals surface area (Å²) in [4.78, 5) is 18.3. The van der Waals surface area contributed by atoms with E-state index in [-0.39, 0.29) is 18.0 Å². The van der Waals surface area contributed by atoms with Crippen molar-refractivity contribution < 1.29 is 14.3 Å². The molecule has 5 nitrogen and oxygen atoms in total. The topological polar surface area (TPSA) is 42.0 Å². The van der Waals surface area contributed by atoms with Crippen molar-refractivity contribution in [1.29, 1.82) is 0 Å². The highest BCUT2D eigenvalue weighted by Gasteiger charge is 2.38. The van der Waals surface area contributed by atoms with Gasteiger partial charge in [-0.05, 0) is 62.0 Å². The number of nitrogens with zero attached hydrogens (tertiary/aromatic N) is 2. The summed E-state index contributed by atoms with van der Waals surface area (Å²) in [6.45, 7) is 2.77. The summed E-state index contributed by atoms with van der Waals surface area (Å²) in [6.07, 6.45) is 4.32. The van der Waals surface area contributed by atoms with E-state index in [0.29, 0.717) is 11.5 Å². The zero-order valence-electron chi connectivity index (χ0n) is 17.3. The molecule has 4 rings (SSSR count). The van der Waals surface area contributed by atoms with E-state index in [1.54, 1.807) is 14.2 Å². The van der Waals surface area contributed by atoms with Crippen molar-refractivity contribution in [2.45, 2.75) is 37.8 Å². The van der Waals surface area contributed by atoms with E-state index < -0.39 is 0 Å². The molecule has 0 bridgehead atoms. The Bertz CT molecular complexity index is 833. The fraction of sp³-hybridized carbons (Fsp3) is 0.458. The van der Waals surface area contributed by atoms with E-state index >= 15 is 0 Å². The van der Waals surface area contributed by atoms with Gasteiger partial charge in [-0.3, -0.25) is 9.69 Å². The Morgan fingerprint density at radius 2 is 1.66 bits per heavy atom. The Balaban J connectivity index is 1.63. The van der Waals surface area contributed by atoms with Gasteiger partial charge in [-0.2, -0.15) is 0 Å². The molecule has 2 fully saturated rings. The molecule has 0 aromatic heterocycles. The predicted octanol–water partition coefficient (Wildman–Crippen LogP) is 4.20. The second kappa shape index (κ2) is 8.87. The molecule has 0 saturated carbocycles. The maximum atomic E-state index is 13.8. The molecule has 2 heterocycles. The van der Waals surface area contributed by atoms with Crippen LogP contribution in [0, 0.1) is 0 Å². The van der Waals surface area contributed by atoms with E-state index in [9.17, 15) is 4.79 Å². The van der Waals surface area contributed by atoms with Gasteiger partial charge in [0.05, 0.1) is 20.3 Å². The quantitative estimate of drug-likeness (QED) is 0.736. The smallest absolute Gasteiger partial charge is 0.245 e. The van der Waals surface area contributed by atoms with Gasteiger partial charge in [0.25, 0.3) is 0 Å². The number of carbonyl (C=O) groups is 1. The fourth-order valence-electron chi connectivity index (χ4n) is 4.74. The van der Waals surface area contributed by atoms with Crippen LogP contribution in [0.2, 0.25) is 0 Å². The molecule has 2 aliphatic heterocycles. The van der Waals surface area contributed by atoms with Crippen LogP contribution in [0.1, 0.15) is 48.9 Å². The highest BCUT2D eigenvalue weighted by Crippen LogP contribution is 2.39. The number of ether oxygens (including phenoxy) is 2. The second-order valence-electron chi connectivity index (χ2n) is 7.86. The summed E-state index contributed by atoms with van der Waals surface area (Å²) in [5, 5.41) is 0. The van der Waals surface area contributed by atoms with Crippen LogP contribution in [0.5, 0.6) is 11.5 Å². The molecule has 1 amide bonds. The van der Waals surface area contributed by atoms with Crippen molar-refractivity contribution in [1.82, 2.24) is 9.80 Å².